The molecular formula is C7H14ClNO. The smallest absolute Gasteiger partial charge is 0.0650 e. The molecule has 0 amide bonds. The van der Waals surface area contributed by atoms with Crippen LogP contribution in [0.4, 0.5) is 0 Å². The summed E-state index contributed by atoms with van der Waals surface area (Å²) in [6.45, 7) is 0.803. The van der Waals surface area contributed by atoms with E-state index in [4.69, 9.17) is 10.5 Å². The number of hydrogen-bond donors (Lipinski definition) is 1. The molecule has 3 heteroatoms. The van der Waals surface area contributed by atoms with Crippen molar-refractivity contribution in [2.45, 2.75) is 37.3 Å². The lowest BCUT2D eigenvalue weighted by Crippen LogP contribution is -2.42. The Morgan fingerprint density at radius 2 is 2.30 bits per heavy atom. The van der Waals surface area contributed by atoms with Crippen molar-refractivity contribution in [3.63, 3.8) is 0 Å². The van der Waals surface area contributed by atoms with Gasteiger partial charge in [-0.3, -0.25) is 0 Å². The van der Waals surface area contributed by atoms with Gasteiger partial charge in [0.25, 0.3) is 0 Å². The Bertz CT molecular complexity index is 127. The monoisotopic (exact) mass is 163 g/mol. The summed E-state index contributed by atoms with van der Waals surface area (Å²) in [5.74, 6) is 0. The van der Waals surface area contributed by atoms with Crippen LogP contribution in [0.1, 0.15) is 25.7 Å². The molecule has 2 N–H and O–H groups in total. The van der Waals surface area contributed by atoms with E-state index in [0.717, 1.165) is 13.0 Å². The molecule has 2 aliphatic rings. The van der Waals surface area contributed by atoms with Crippen LogP contribution in [0.15, 0.2) is 0 Å². The van der Waals surface area contributed by atoms with E-state index in [1.54, 1.807) is 0 Å². The van der Waals surface area contributed by atoms with Gasteiger partial charge in [-0.2, -0.15) is 0 Å². The fraction of sp³-hybridized carbons (Fsp3) is 1.00. The summed E-state index contributed by atoms with van der Waals surface area (Å²) < 4.78 is 5.45. The van der Waals surface area contributed by atoms with Gasteiger partial charge in [-0.1, -0.05) is 0 Å². The molecule has 60 valence electrons. The van der Waals surface area contributed by atoms with E-state index in [-0.39, 0.29) is 17.9 Å². The Balaban J connectivity index is 0.000000500. The standard InChI is InChI=1S/C7H13NO.ClH/c8-7-3-1-2-6(4-7)9-5-7;/h6H,1-5,8H2;1H. The molecule has 2 atom stereocenters. The van der Waals surface area contributed by atoms with Crippen molar-refractivity contribution in [3.05, 3.63) is 0 Å². The summed E-state index contributed by atoms with van der Waals surface area (Å²) >= 11 is 0. The molecular weight excluding hydrogens is 150 g/mol. The highest BCUT2D eigenvalue weighted by atomic mass is 35.5. The van der Waals surface area contributed by atoms with E-state index in [9.17, 15) is 0 Å². The van der Waals surface area contributed by atoms with Gasteiger partial charge in [0.15, 0.2) is 0 Å². The number of fused-ring (bicyclic) bond motifs is 2. The fourth-order valence-electron chi connectivity index (χ4n) is 1.90. The SMILES string of the molecule is Cl.NC12CCCC(C1)OC2. The highest BCUT2D eigenvalue weighted by Crippen LogP contribution is 2.34. The van der Waals surface area contributed by atoms with Gasteiger partial charge in [0, 0.05) is 5.54 Å². The van der Waals surface area contributed by atoms with Crippen LogP contribution in [0.2, 0.25) is 0 Å². The van der Waals surface area contributed by atoms with Crippen LogP contribution >= 0.6 is 12.4 Å². The van der Waals surface area contributed by atoms with Gasteiger partial charge in [0.2, 0.25) is 0 Å². The largest absolute Gasteiger partial charge is 0.376 e. The van der Waals surface area contributed by atoms with E-state index in [1.807, 2.05) is 0 Å². The second-order valence-corrected chi connectivity index (χ2v) is 3.39. The second kappa shape index (κ2) is 2.68. The number of rotatable bonds is 0. The summed E-state index contributed by atoms with van der Waals surface area (Å²) in [4.78, 5) is 0. The van der Waals surface area contributed by atoms with Crippen LogP contribution in [0.25, 0.3) is 0 Å². The topological polar surface area (TPSA) is 35.2 Å². The van der Waals surface area contributed by atoms with E-state index >= 15 is 0 Å². The van der Waals surface area contributed by atoms with E-state index < -0.39 is 0 Å². The quantitative estimate of drug-likeness (QED) is 0.580. The number of ether oxygens (including phenoxy) is 1. The van der Waals surface area contributed by atoms with Crippen molar-refractivity contribution in [1.82, 2.24) is 0 Å². The fourth-order valence-corrected chi connectivity index (χ4v) is 1.90. The number of hydrogen-bond acceptors (Lipinski definition) is 2. The third-order valence-corrected chi connectivity index (χ3v) is 2.44. The highest BCUT2D eigenvalue weighted by molar-refractivity contribution is 5.85. The molecule has 2 unspecified atom stereocenters. The van der Waals surface area contributed by atoms with Crippen LogP contribution in [0, 0.1) is 0 Å². The average molecular weight is 164 g/mol. The van der Waals surface area contributed by atoms with Gasteiger partial charge in [-0.05, 0) is 25.7 Å². The maximum Gasteiger partial charge on any atom is 0.0650 e. The molecule has 2 fully saturated rings. The Morgan fingerprint density at radius 1 is 1.50 bits per heavy atom. The predicted octanol–water partition coefficient (Wildman–Crippen LogP) is 1.08. The van der Waals surface area contributed by atoms with Gasteiger partial charge in [-0.15, -0.1) is 12.4 Å². The van der Waals surface area contributed by atoms with Gasteiger partial charge >= 0.3 is 0 Å². The molecule has 0 aromatic carbocycles. The Kier molecular flexibility index (Phi) is 2.23. The van der Waals surface area contributed by atoms with Crippen molar-refractivity contribution in [2.75, 3.05) is 6.61 Å². The molecule has 1 saturated carbocycles. The molecule has 1 saturated heterocycles. The summed E-state index contributed by atoms with van der Waals surface area (Å²) in [7, 11) is 0. The molecule has 2 nitrogen and oxygen atoms in total. The lowest BCUT2D eigenvalue weighted by atomic mass is 9.84. The third kappa shape index (κ3) is 1.29. The molecule has 2 bridgehead atoms. The lowest BCUT2D eigenvalue weighted by Gasteiger charge is -2.25. The zero-order valence-electron chi connectivity index (χ0n) is 6.01. The molecule has 0 radical (unpaired) electrons. The number of halogens is 1. The zero-order valence-corrected chi connectivity index (χ0v) is 6.82. The van der Waals surface area contributed by atoms with Crippen molar-refractivity contribution in [3.8, 4) is 0 Å². The first kappa shape index (κ1) is 8.31. The maximum atomic E-state index is 5.98. The number of nitrogens with two attached hydrogens (primary N) is 1. The van der Waals surface area contributed by atoms with E-state index in [1.165, 1.54) is 19.3 Å². The summed E-state index contributed by atoms with van der Waals surface area (Å²) in [5.41, 5.74) is 6.05. The summed E-state index contributed by atoms with van der Waals surface area (Å²) in [6, 6.07) is 0. The van der Waals surface area contributed by atoms with Crippen molar-refractivity contribution >= 4 is 12.4 Å². The van der Waals surface area contributed by atoms with Crippen molar-refractivity contribution in [2.24, 2.45) is 5.73 Å². The predicted molar refractivity (Wildman–Crippen MR) is 42.4 cm³/mol. The second-order valence-electron chi connectivity index (χ2n) is 3.39. The van der Waals surface area contributed by atoms with Gasteiger partial charge in [-0.25, -0.2) is 0 Å². The Hall–Kier alpha value is 0.210. The molecule has 1 heterocycles. The molecule has 0 aromatic rings. The third-order valence-electron chi connectivity index (χ3n) is 2.44. The van der Waals surface area contributed by atoms with E-state index in [0.29, 0.717) is 6.10 Å². The van der Waals surface area contributed by atoms with Crippen molar-refractivity contribution in [1.29, 1.82) is 0 Å². The molecule has 10 heavy (non-hydrogen) atoms. The van der Waals surface area contributed by atoms with Gasteiger partial charge in [0.05, 0.1) is 12.7 Å². The Labute approximate surface area is 67.5 Å². The molecule has 1 aliphatic carbocycles. The van der Waals surface area contributed by atoms with Crippen LogP contribution in [-0.2, 0) is 4.74 Å². The summed E-state index contributed by atoms with van der Waals surface area (Å²) in [5, 5.41) is 0. The van der Waals surface area contributed by atoms with Gasteiger partial charge in [0.1, 0.15) is 0 Å². The summed E-state index contributed by atoms with van der Waals surface area (Å²) in [6.07, 6.45) is 5.28. The Morgan fingerprint density at radius 3 is 2.90 bits per heavy atom. The lowest BCUT2D eigenvalue weighted by molar-refractivity contribution is 0.107. The molecule has 2 rings (SSSR count). The molecule has 0 spiro atoms. The highest BCUT2D eigenvalue weighted by Gasteiger charge is 2.39. The minimum Gasteiger partial charge on any atom is -0.376 e. The average Bonchev–Trinajstić information content (AvgIpc) is 2.07. The van der Waals surface area contributed by atoms with Crippen LogP contribution in [0.5, 0.6) is 0 Å². The normalized spacial score (nSPS) is 44.7. The van der Waals surface area contributed by atoms with E-state index in [2.05, 4.69) is 0 Å². The minimum atomic E-state index is 0. The van der Waals surface area contributed by atoms with Crippen LogP contribution < -0.4 is 5.73 Å². The molecule has 1 aliphatic heterocycles. The van der Waals surface area contributed by atoms with Crippen LogP contribution in [0.3, 0.4) is 0 Å². The first-order valence-electron chi connectivity index (χ1n) is 3.69. The first-order valence-corrected chi connectivity index (χ1v) is 3.69. The first-order chi connectivity index (χ1) is 4.29. The maximum absolute atomic E-state index is 5.98. The zero-order chi connectivity index (χ0) is 6.32. The van der Waals surface area contributed by atoms with Crippen molar-refractivity contribution < 1.29 is 4.74 Å². The minimum absolute atomic E-state index is 0. The van der Waals surface area contributed by atoms with Gasteiger partial charge < -0.3 is 10.5 Å². The van der Waals surface area contributed by atoms with Crippen LogP contribution in [-0.4, -0.2) is 18.2 Å². The molecule has 0 aromatic heterocycles.